The van der Waals surface area contributed by atoms with Gasteiger partial charge in [-0.25, -0.2) is 0 Å². The average molecular weight is 279 g/mol. The number of aliphatic hydroxyl groups is 1. The van der Waals surface area contributed by atoms with E-state index in [2.05, 4.69) is 32.8 Å². The Morgan fingerprint density at radius 1 is 1.30 bits per heavy atom. The van der Waals surface area contributed by atoms with E-state index in [1.807, 2.05) is 24.3 Å². The van der Waals surface area contributed by atoms with Crippen LogP contribution in [-0.2, 0) is 5.60 Å². The van der Waals surface area contributed by atoms with Crippen LogP contribution in [-0.4, -0.2) is 37.8 Å². The zero-order chi connectivity index (χ0) is 15.2. The first-order valence-electron chi connectivity index (χ1n) is 7.49. The van der Waals surface area contributed by atoms with Crippen molar-refractivity contribution in [2.75, 3.05) is 27.7 Å². The summed E-state index contributed by atoms with van der Waals surface area (Å²) >= 11 is 0. The summed E-state index contributed by atoms with van der Waals surface area (Å²) in [5.41, 5.74) is 0.176. The fraction of sp³-hybridized carbons (Fsp3) is 0.647. The molecule has 0 aliphatic carbocycles. The standard InChI is InChI=1S/C17H29NO2/c1-6-11-17(19,14(7-2)13-18(3)4)15-9-8-10-16(12-15)20-5/h8-10,12,14,19H,6-7,11,13H2,1-5H3/t14?,17-/m1/s1. The summed E-state index contributed by atoms with van der Waals surface area (Å²) in [6, 6.07) is 7.85. The molecule has 0 heterocycles. The van der Waals surface area contributed by atoms with E-state index in [9.17, 15) is 5.11 Å². The molecule has 2 atom stereocenters. The third kappa shape index (κ3) is 3.97. The zero-order valence-corrected chi connectivity index (χ0v) is 13.5. The lowest BCUT2D eigenvalue weighted by Crippen LogP contribution is -2.40. The number of hydrogen-bond acceptors (Lipinski definition) is 3. The number of benzene rings is 1. The Bertz CT molecular complexity index is 406. The molecule has 0 aromatic heterocycles. The highest BCUT2D eigenvalue weighted by Crippen LogP contribution is 2.37. The van der Waals surface area contributed by atoms with Gasteiger partial charge in [-0.1, -0.05) is 32.4 Å². The van der Waals surface area contributed by atoms with E-state index >= 15 is 0 Å². The molecular formula is C17H29NO2. The van der Waals surface area contributed by atoms with Crippen molar-refractivity contribution in [1.29, 1.82) is 0 Å². The summed E-state index contributed by atoms with van der Waals surface area (Å²) in [6.07, 6.45) is 2.68. The van der Waals surface area contributed by atoms with Crippen LogP contribution in [0, 0.1) is 5.92 Å². The van der Waals surface area contributed by atoms with Crippen LogP contribution < -0.4 is 4.74 Å². The van der Waals surface area contributed by atoms with Gasteiger partial charge < -0.3 is 14.7 Å². The second kappa shape index (κ2) is 7.65. The van der Waals surface area contributed by atoms with E-state index in [0.29, 0.717) is 0 Å². The zero-order valence-electron chi connectivity index (χ0n) is 13.5. The number of hydrogen-bond donors (Lipinski definition) is 1. The molecule has 1 unspecified atom stereocenters. The van der Waals surface area contributed by atoms with Gasteiger partial charge in [-0.2, -0.15) is 0 Å². The Kier molecular flexibility index (Phi) is 6.50. The summed E-state index contributed by atoms with van der Waals surface area (Å²) < 4.78 is 5.30. The number of ether oxygens (including phenoxy) is 1. The third-order valence-corrected chi connectivity index (χ3v) is 3.95. The van der Waals surface area contributed by atoms with Gasteiger partial charge in [-0.15, -0.1) is 0 Å². The van der Waals surface area contributed by atoms with Gasteiger partial charge in [0.25, 0.3) is 0 Å². The van der Waals surface area contributed by atoms with Crippen molar-refractivity contribution in [2.24, 2.45) is 5.92 Å². The van der Waals surface area contributed by atoms with Gasteiger partial charge >= 0.3 is 0 Å². The van der Waals surface area contributed by atoms with E-state index in [1.165, 1.54) is 0 Å². The van der Waals surface area contributed by atoms with Gasteiger partial charge in [-0.05, 0) is 44.6 Å². The molecule has 0 saturated heterocycles. The van der Waals surface area contributed by atoms with Gasteiger partial charge in [0.2, 0.25) is 0 Å². The smallest absolute Gasteiger partial charge is 0.119 e. The Morgan fingerprint density at radius 3 is 2.50 bits per heavy atom. The minimum atomic E-state index is -0.789. The minimum Gasteiger partial charge on any atom is -0.497 e. The van der Waals surface area contributed by atoms with Crippen LogP contribution in [0.5, 0.6) is 5.75 Å². The largest absolute Gasteiger partial charge is 0.497 e. The predicted molar refractivity (Wildman–Crippen MR) is 84.1 cm³/mol. The maximum absolute atomic E-state index is 11.3. The van der Waals surface area contributed by atoms with Crippen LogP contribution in [0.15, 0.2) is 24.3 Å². The fourth-order valence-corrected chi connectivity index (χ4v) is 2.92. The maximum Gasteiger partial charge on any atom is 0.119 e. The fourth-order valence-electron chi connectivity index (χ4n) is 2.92. The van der Waals surface area contributed by atoms with Crippen LogP contribution in [0.2, 0.25) is 0 Å². The summed E-state index contributed by atoms with van der Waals surface area (Å²) in [5, 5.41) is 11.3. The van der Waals surface area contributed by atoms with Crippen LogP contribution >= 0.6 is 0 Å². The lowest BCUT2D eigenvalue weighted by molar-refractivity contribution is -0.0428. The summed E-state index contributed by atoms with van der Waals surface area (Å²) in [6.45, 7) is 5.15. The highest BCUT2D eigenvalue weighted by atomic mass is 16.5. The molecule has 0 amide bonds. The van der Waals surface area contributed by atoms with Gasteiger partial charge in [0.1, 0.15) is 5.75 Å². The van der Waals surface area contributed by atoms with Crippen molar-refractivity contribution in [3.05, 3.63) is 29.8 Å². The molecule has 1 rings (SSSR count). The molecule has 3 heteroatoms. The molecule has 114 valence electrons. The number of nitrogens with zero attached hydrogens (tertiary/aromatic N) is 1. The molecule has 0 fully saturated rings. The monoisotopic (exact) mass is 279 g/mol. The molecule has 0 bridgehead atoms. The van der Waals surface area contributed by atoms with Crippen LogP contribution in [0.4, 0.5) is 0 Å². The molecule has 1 aromatic rings. The Morgan fingerprint density at radius 2 is 2.00 bits per heavy atom. The van der Waals surface area contributed by atoms with Gasteiger partial charge in [-0.3, -0.25) is 0 Å². The van der Waals surface area contributed by atoms with E-state index in [0.717, 1.165) is 37.1 Å². The quantitative estimate of drug-likeness (QED) is 0.792. The van der Waals surface area contributed by atoms with Crippen molar-refractivity contribution < 1.29 is 9.84 Å². The van der Waals surface area contributed by atoms with Crippen molar-refractivity contribution in [1.82, 2.24) is 4.90 Å². The molecular weight excluding hydrogens is 250 g/mol. The second-order valence-corrected chi connectivity index (χ2v) is 5.77. The van der Waals surface area contributed by atoms with E-state index in [4.69, 9.17) is 4.74 Å². The first kappa shape index (κ1) is 17.0. The minimum absolute atomic E-state index is 0.213. The van der Waals surface area contributed by atoms with Crippen LogP contribution in [0.3, 0.4) is 0 Å². The average Bonchev–Trinajstić information content (AvgIpc) is 2.44. The first-order valence-corrected chi connectivity index (χ1v) is 7.49. The SMILES string of the molecule is CCC[C@](O)(c1cccc(OC)c1)C(CC)CN(C)C. The highest BCUT2D eigenvalue weighted by molar-refractivity contribution is 5.33. The summed E-state index contributed by atoms with van der Waals surface area (Å²) in [4.78, 5) is 2.15. The van der Waals surface area contributed by atoms with E-state index in [1.54, 1.807) is 7.11 Å². The highest BCUT2D eigenvalue weighted by Gasteiger charge is 2.37. The first-order chi connectivity index (χ1) is 9.47. The predicted octanol–water partition coefficient (Wildman–Crippen LogP) is 3.27. The van der Waals surface area contributed by atoms with Crippen LogP contribution in [0.1, 0.15) is 38.7 Å². The topological polar surface area (TPSA) is 32.7 Å². The molecule has 0 saturated carbocycles. The molecule has 0 aliphatic heterocycles. The summed E-state index contributed by atoms with van der Waals surface area (Å²) in [7, 11) is 5.77. The third-order valence-electron chi connectivity index (χ3n) is 3.95. The normalized spacial score (nSPS) is 15.9. The van der Waals surface area contributed by atoms with Crippen molar-refractivity contribution >= 4 is 0 Å². The second-order valence-electron chi connectivity index (χ2n) is 5.77. The van der Waals surface area contributed by atoms with E-state index in [-0.39, 0.29) is 5.92 Å². The van der Waals surface area contributed by atoms with Crippen molar-refractivity contribution in [3.8, 4) is 5.75 Å². The van der Waals surface area contributed by atoms with E-state index < -0.39 is 5.60 Å². The lowest BCUT2D eigenvalue weighted by Gasteiger charge is -2.38. The number of rotatable bonds is 8. The molecule has 0 spiro atoms. The molecule has 3 nitrogen and oxygen atoms in total. The maximum atomic E-state index is 11.3. The molecule has 0 radical (unpaired) electrons. The van der Waals surface area contributed by atoms with Gasteiger partial charge in [0, 0.05) is 12.5 Å². The molecule has 1 aromatic carbocycles. The van der Waals surface area contributed by atoms with Gasteiger partial charge in [0.15, 0.2) is 0 Å². The molecule has 1 N–H and O–H groups in total. The number of methoxy groups -OCH3 is 1. The Hall–Kier alpha value is -1.06. The van der Waals surface area contributed by atoms with Crippen molar-refractivity contribution in [2.45, 2.75) is 38.7 Å². The van der Waals surface area contributed by atoms with Crippen molar-refractivity contribution in [3.63, 3.8) is 0 Å². The van der Waals surface area contributed by atoms with Crippen LogP contribution in [0.25, 0.3) is 0 Å². The summed E-state index contributed by atoms with van der Waals surface area (Å²) in [5.74, 6) is 1.02. The Balaban J connectivity index is 3.16. The molecule has 0 aliphatic rings. The lowest BCUT2D eigenvalue weighted by atomic mass is 9.76. The van der Waals surface area contributed by atoms with Gasteiger partial charge in [0.05, 0.1) is 12.7 Å². The molecule has 20 heavy (non-hydrogen) atoms. The Labute approximate surface area is 123 Å².